The second-order valence-corrected chi connectivity index (χ2v) is 8.09. The van der Waals surface area contributed by atoms with E-state index in [-0.39, 0.29) is 24.0 Å². The van der Waals surface area contributed by atoms with Gasteiger partial charge in [0.05, 0.1) is 11.5 Å². The minimum Gasteiger partial charge on any atom is -0.282 e. The molecule has 1 amide bonds. The van der Waals surface area contributed by atoms with Crippen molar-refractivity contribution in [3.8, 4) is 0 Å². The summed E-state index contributed by atoms with van der Waals surface area (Å²) in [5, 5.41) is 0. The first-order valence-corrected chi connectivity index (χ1v) is 10.1. The van der Waals surface area contributed by atoms with Crippen LogP contribution < -0.4 is 0 Å². The van der Waals surface area contributed by atoms with Crippen LogP contribution in [0.3, 0.4) is 0 Å². The lowest BCUT2D eigenvalue weighted by Gasteiger charge is -2.14. The first-order valence-electron chi connectivity index (χ1n) is 7.32. The summed E-state index contributed by atoms with van der Waals surface area (Å²) in [6.07, 6.45) is 1.50. The van der Waals surface area contributed by atoms with Crippen LogP contribution in [0.15, 0.2) is 29.2 Å². The molecule has 136 valence electrons. The van der Waals surface area contributed by atoms with E-state index < -0.39 is 20.4 Å². The van der Waals surface area contributed by atoms with Crippen LogP contribution >= 0.6 is 0 Å². The maximum atomic E-state index is 11.3. The molecule has 0 aliphatic carbocycles. The number of carbonyl (C=O) groups is 1. The van der Waals surface area contributed by atoms with Crippen molar-refractivity contribution >= 4 is 26.3 Å². The number of amides is 1. The van der Waals surface area contributed by atoms with Gasteiger partial charge in [0.25, 0.3) is 10.1 Å². The number of hydrogen-bond acceptors (Lipinski definition) is 6. The molecule has 0 bridgehead atoms. The molecule has 0 unspecified atom stereocenters. The lowest BCUT2D eigenvalue weighted by molar-refractivity contribution is -0.124. The topological polar surface area (TPSA) is 118 Å². The van der Waals surface area contributed by atoms with E-state index in [0.29, 0.717) is 19.3 Å². The third-order valence-corrected chi connectivity index (χ3v) is 5.31. The molecule has 1 aliphatic rings. The lowest BCUT2D eigenvalue weighted by Crippen LogP contribution is -2.33. The van der Waals surface area contributed by atoms with E-state index >= 15 is 0 Å². The Hall–Kier alpha value is -1.49. The van der Waals surface area contributed by atoms with Gasteiger partial charge in [0, 0.05) is 13.0 Å². The molecule has 0 spiro atoms. The predicted octanol–water partition coefficient (Wildman–Crippen LogP) is 1.52. The molecule has 10 heteroatoms. The fraction of sp³-hybridized carbons (Fsp3) is 0.500. The molecule has 2 rings (SSSR count). The maximum absolute atomic E-state index is 11.3. The Morgan fingerprint density at radius 2 is 1.75 bits per heavy atom. The van der Waals surface area contributed by atoms with Gasteiger partial charge in [-0.3, -0.25) is 13.5 Å². The van der Waals surface area contributed by atoms with Gasteiger partial charge in [0.15, 0.2) is 0 Å². The van der Waals surface area contributed by atoms with Crippen molar-refractivity contribution in [3.63, 3.8) is 0 Å². The minimum atomic E-state index is -4.02. The van der Waals surface area contributed by atoms with Crippen molar-refractivity contribution < 1.29 is 30.4 Å². The van der Waals surface area contributed by atoms with E-state index in [0.717, 1.165) is 9.87 Å². The SMILES string of the molecule is CCCOS(=O)(=O)N1CCCC1=O.Cc1ccc(S(=O)(=O)O)cc1. The Labute approximate surface area is 142 Å². The van der Waals surface area contributed by atoms with E-state index in [4.69, 9.17) is 4.55 Å². The minimum absolute atomic E-state index is 0.0666. The quantitative estimate of drug-likeness (QED) is 0.771. The molecule has 1 aliphatic heterocycles. The van der Waals surface area contributed by atoms with E-state index in [9.17, 15) is 21.6 Å². The summed E-state index contributed by atoms with van der Waals surface area (Å²) in [7, 11) is -7.81. The molecule has 1 aromatic carbocycles. The van der Waals surface area contributed by atoms with Crippen molar-refractivity contribution in [3.05, 3.63) is 29.8 Å². The van der Waals surface area contributed by atoms with Gasteiger partial charge < -0.3 is 0 Å². The Balaban J connectivity index is 0.000000243. The summed E-state index contributed by atoms with van der Waals surface area (Å²) in [5.74, 6) is -0.365. The fourth-order valence-electron chi connectivity index (χ4n) is 1.82. The van der Waals surface area contributed by atoms with Gasteiger partial charge in [-0.15, -0.1) is 0 Å². The third-order valence-electron chi connectivity index (χ3n) is 3.06. The molecule has 1 saturated heterocycles. The Morgan fingerprint density at radius 1 is 1.17 bits per heavy atom. The Kier molecular flexibility index (Phi) is 7.33. The molecule has 0 aromatic heterocycles. The van der Waals surface area contributed by atoms with Gasteiger partial charge in [-0.05, 0) is 31.9 Å². The smallest absolute Gasteiger partial charge is 0.282 e. The van der Waals surface area contributed by atoms with Crippen LogP contribution in [-0.4, -0.2) is 44.8 Å². The van der Waals surface area contributed by atoms with Crippen LogP contribution in [0.4, 0.5) is 0 Å². The summed E-state index contributed by atoms with van der Waals surface area (Å²) < 4.78 is 57.5. The lowest BCUT2D eigenvalue weighted by atomic mass is 10.2. The number of benzene rings is 1. The number of hydrogen-bond donors (Lipinski definition) is 1. The van der Waals surface area contributed by atoms with Crippen molar-refractivity contribution in [2.75, 3.05) is 13.2 Å². The van der Waals surface area contributed by atoms with E-state index in [1.165, 1.54) is 12.1 Å². The molecule has 1 heterocycles. The second-order valence-electron chi connectivity index (χ2n) is 5.14. The molecule has 0 radical (unpaired) electrons. The zero-order chi connectivity index (χ0) is 18.4. The highest BCUT2D eigenvalue weighted by Gasteiger charge is 2.31. The van der Waals surface area contributed by atoms with Gasteiger partial charge in [0.1, 0.15) is 0 Å². The van der Waals surface area contributed by atoms with Crippen molar-refractivity contribution in [1.29, 1.82) is 0 Å². The summed E-state index contributed by atoms with van der Waals surface area (Å²) in [4.78, 5) is 11.0. The van der Waals surface area contributed by atoms with Gasteiger partial charge in [0.2, 0.25) is 5.91 Å². The predicted molar refractivity (Wildman–Crippen MR) is 87.1 cm³/mol. The molecule has 24 heavy (non-hydrogen) atoms. The first-order chi connectivity index (χ1) is 11.1. The summed E-state index contributed by atoms with van der Waals surface area (Å²) in [5.41, 5.74) is 0.956. The molecular weight excluding hydrogens is 358 g/mol. The average Bonchev–Trinajstić information content (AvgIpc) is 2.92. The summed E-state index contributed by atoms with van der Waals surface area (Å²) in [6, 6.07) is 5.99. The highest BCUT2D eigenvalue weighted by molar-refractivity contribution is 7.85. The number of carbonyl (C=O) groups excluding carboxylic acids is 1. The highest BCUT2D eigenvalue weighted by atomic mass is 32.2. The molecular formula is C14H21NO7S2. The van der Waals surface area contributed by atoms with Gasteiger partial charge in [-0.25, -0.2) is 4.31 Å². The third kappa shape index (κ3) is 6.19. The van der Waals surface area contributed by atoms with Crippen LogP contribution in [0.25, 0.3) is 0 Å². The number of aryl methyl sites for hydroxylation is 1. The first kappa shape index (κ1) is 20.6. The van der Waals surface area contributed by atoms with Crippen molar-refractivity contribution in [1.82, 2.24) is 4.31 Å². The highest BCUT2D eigenvalue weighted by Crippen LogP contribution is 2.15. The standard InChI is InChI=1S/C7H13NO4S.C7H8O3S/c1-2-6-12-13(10,11)8-5-3-4-7(8)9;1-6-2-4-7(5-3-6)11(8,9)10/h2-6H2,1H3;2-5H,1H3,(H,8,9,10). The van der Waals surface area contributed by atoms with Gasteiger partial charge in [-0.1, -0.05) is 24.6 Å². The summed E-state index contributed by atoms with van der Waals surface area (Å²) >= 11 is 0. The van der Waals surface area contributed by atoms with Crippen LogP contribution in [0.5, 0.6) is 0 Å². The maximum Gasteiger partial charge on any atom is 0.364 e. The van der Waals surface area contributed by atoms with Crippen molar-refractivity contribution in [2.45, 2.75) is 38.0 Å². The fourth-order valence-corrected chi connectivity index (χ4v) is 3.50. The van der Waals surface area contributed by atoms with E-state index in [1.807, 2.05) is 6.92 Å². The van der Waals surface area contributed by atoms with Crippen LogP contribution in [0.1, 0.15) is 31.7 Å². The number of nitrogens with zero attached hydrogens (tertiary/aromatic N) is 1. The van der Waals surface area contributed by atoms with Crippen LogP contribution in [0.2, 0.25) is 0 Å². The monoisotopic (exact) mass is 379 g/mol. The molecule has 8 nitrogen and oxygen atoms in total. The Bertz CT molecular complexity index is 755. The normalized spacial score (nSPS) is 15.1. The van der Waals surface area contributed by atoms with Crippen LogP contribution in [0, 0.1) is 6.92 Å². The molecule has 1 N–H and O–H groups in total. The van der Waals surface area contributed by atoms with E-state index in [2.05, 4.69) is 4.18 Å². The van der Waals surface area contributed by atoms with E-state index in [1.54, 1.807) is 19.1 Å². The van der Waals surface area contributed by atoms with Crippen molar-refractivity contribution in [2.24, 2.45) is 0 Å². The zero-order valence-corrected chi connectivity index (χ0v) is 15.1. The zero-order valence-electron chi connectivity index (χ0n) is 13.5. The molecule has 1 fully saturated rings. The molecule has 0 atom stereocenters. The Morgan fingerprint density at radius 3 is 2.17 bits per heavy atom. The van der Waals surface area contributed by atoms with Gasteiger partial charge >= 0.3 is 10.3 Å². The molecule has 0 saturated carbocycles. The van der Waals surface area contributed by atoms with Crippen LogP contribution in [-0.2, 0) is 29.4 Å². The number of rotatable bonds is 5. The largest absolute Gasteiger partial charge is 0.364 e. The average molecular weight is 379 g/mol. The van der Waals surface area contributed by atoms with Gasteiger partial charge in [-0.2, -0.15) is 16.8 Å². The summed E-state index contributed by atoms with van der Waals surface area (Å²) in [6.45, 7) is 4.03. The second kappa shape index (κ2) is 8.56. The molecule has 1 aromatic rings.